The van der Waals surface area contributed by atoms with Crippen LogP contribution in [0.2, 0.25) is 0 Å². The van der Waals surface area contributed by atoms with Gasteiger partial charge in [-0.05, 0) is 26.0 Å². The Balaban J connectivity index is 2.08. The lowest BCUT2D eigenvalue weighted by Gasteiger charge is -2.17. The standard InChI is InChI=1S/C12H19NOS/c1-12(2,13)10-15-9-8-14-11-6-4-3-5-7-11/h3-7H,8-10,13H2,1-2H3. The first-order valence-corrected chi connectivity index (χ1v) is 6.28. The zero-order valence-corrected chi connectivity index (χ0v) is 10.2. The second-order valence-corrected chi connectivity index (χ2v) is 5.31. The van der Waals surface area contributed by atoms with Crippen LogP contribution in [0.25, 0.3) is 0 Å². The Labute approximate surface area is 96.2 Å². The minimum absolute atomic E-state index is 0.0859. The van der Waals surface area contributed by atoms with E-state index >= 15 is 0 Å². The molecule has 84 valence electrons. The van der Waals surface area contributed by atoms with Crippen LogP contribution < -0.4 is 10.5 Å². The molecule has 1 aromatic rings. The fourth-order valence-electron chi connectivity index (χ4n) is 1.07. The number of hydrogen-bond donors (Lipinski definition) is 1. The van der Waals surface area contributed by atoms with Crippen LogP contribution in [-0.4, -0.2) is 23.7 Å². The van der Waals surface area contributed by atoms with Gasteiger partial charge in [0.1, 0.15) is 5.75 Å². The second-order valence-electron chi connectivity index (χ2n) is 4.20. The summed E-state index contributed by atoms with van der Waals surface area (Å²) in [7, 11) is 0. The molecule has 15 heavy (non-hydrogen) atoms. The first kappa shape index (κ1) is 12.4. The van der Waals surface area contributed by atoms with Gasteiger partial charge in [0.15, 0.2) is 0 Å². The first-order chi connectivity index (χ1) is 7.08. The van der Waals surface area contributed by atoms with Crippen LogP contribution >= 0.6 is 11.8 Å². The molecule has 3 heteroatoms. The predicted molar refractivity (Wildman–Crippen MR) is 67.5 cm³/mol. The molecule has 0 bridgehead atoms. The lowest BCUT2D eigenvalue weighted by atomic mass is 10.1. The fraction of sp³-hybridized carbons (Fsp3) is 0.500. The highest BCUT2D eigenvalue weighted by molar-refractivity contribution is 7.99. The maximum Gasteiger partial charge on any atom is 0.119 e. The molecule has 0 aliphatic heterocycles. The summed E-state index contributed by atoms with van der Waals surface area (Å²) in [4.78, 5) is 0. The lowest BCUT2D eigenvalue weighted by Crippen LogP contribution is -2.34. The van der Waals surface area contributed by atoms with E-state index in [1.165, 1.54) is 0 Å². The number of nitrogens with two attached hydrogens (primary N) is 1. The van der Waals surface area contributed by atoms with E-state index in [1.54, 1.807) is 0 Å². The van der Waals surface area contributed by atoms with Gasteiger partial charge in [0.2, 0.25) is 0 Å². The second kappa shape index (κ2) is 6.03. The van der Waals surface area contributed by atoms with E-state index in [0.717, 1.165) is 23.9 Å². The molecule has 2 nitrogen and oxygen atoms in total. The maximum atomic E-state index is 5.87. The third kappa shape index (κ3) is 6.42. The van der Waals surface area contributed by atoms with Gasteiger partial charge in [-0.25, -0.2) is 0 Å². The number of hydrogen-bond acceptors (Lipinski definition) is 3. The molecule has 0 aromatic heterocycles. The molecule has 1 rings (SSSR count). The highest BCUT2D eigenvalue weighted by atomic mass is 32.2. The van der Waals surface area contributed by atoms with Gasteiger partial charge in [0, 0.05) is 17.0 Å². The smallest absolute Gasteiger partial charge is 0.119 e. The Morgan fingerprint density at radius 2 is 1.93 bits per heavy atom. The summed E-state index contributed by atoms with van der Waals surface area (Å²) < 4.78 is 5.56. The molecule has 0 saturated heterocycles. The lowest BCUT2D eigenvalue weighted by molar-refractivity contribution is 0.344. The molecular weight excluding hydrogens is 206 g/mol. The quantitative estimate of drug-likeness (QED) is 0.756. The van der Waals surface area contributed by atoms with Crippen molar-refractivity contribution in [3.8, 4) is 5.75 Å². The highest BCUT2D eigenvalue weighted by Crippen LogP contribution is 2.11. The van der Waals surface area contributed by atoms with Crippen molar-refractivity contribution in [2.45, 2.75) is 19.4 Å². The van der Waals surface area contributed by atoms with Gasteiger partial charge in [0.25, 0.3) is 0 Å². The number of rotatable bonds is 6. The number of benzene rings is 1. The van der Waals surface area contributed by atoms with Crippen molar-refractivity contribution in [3.05, 3.63) is 30.3 Å². The maximum absolute atomic E-state index is 5.87. The van der Waals surface area contributed by atoms with Crippen molar-refractivity contribution in [1.82, 2.24) is 0 Å². The van der Waals surface area contributed by atoms with Gasteiger partial charge >= 0.3 is 0 Å². The van der Waals surface area contributed by atoms with Gasteiger partial charge in [-0.3, -0.25) is 0 Å². The van der Waals surface area contributed by atoms with E-state index in [9.17, 15) is 0 Å². The number of para-hydroxylation sites is 1. The van der Waals surface area contributed by atoms with Crippen molar-refractivity contribution < 1.29 is 4.74 Å². The molecule has 0 unspecified atom stereocenters. The average molecular weight is 225 g/mol. The molecule has 0 heterocycles. The molecular formula is C12H19NOS. The number of ether oxygens (including phenoxy) is 1. The van der Waals surface area contributed by atoms with E-state index in [4.69, 9.17) is 10.5 Å². The Morgan fingerprint density at radius 1 is 1.27 bits per heavy atom. The average Bonchev–Trinajstić information content (AvgIpc) is 2.17. The SMILES string of the molecule is CC(C)(N)CSCCOc1ccccc1. The van der Waals surface area contributed by atoms with Gasteiger partial charge in [0.05, 0.1) is 6.61 Å². The van der Waals surface area contributed by atoms with Crippen molar-refractivity contribution in [1.29, 1.82) is 0 Å². The summed E-state index contributed by atoms with van der Waals surface area (Å²) in [6.07, 6.45) is 0. The fourth-order valence-corrected chi connectivity index (χ4v) is 1.94. The Bertz CT molecular complexity index is 269. The third-order valence-corrected chi connectivity index (χ3v) is 3.12. The summed E-state index contributed by atoms with van der Waals surface area (Å²) >= 11 is 1.83. The topological polar surface area (TPSA) is 35.2 Å². The van der Waals surface area contributed by atoms with Crippen LogP contribution in [0, 0.1) is 0 Å². The molecule has 0 spiro atoms. The molecule has 0 fully saturated rings. The monoisotopic (exact) mass is 225 g/mol. The summed E-state index contributed by atoms with van der Waals surface area (Å²) in [5.41, 5.74) is 5.78. The molecule has 0 saturated carbocycles. The van der Waals surface area contributed by atoms with E-state index in [-0.39, 0.29) is 5.54 Å². The van der Waals surface area contributed by atoms with E-state index in [2.05, 4.69) is 0 Å². The van der Waals surface area contributed by atoms with Gasteiger partial charge < -0.3 is 10.5 Å². The van der Waals surface area contributed by atoms with Crippen molar-refractivity contribution >= 4 is 11.8 Å². The van der Waals surface area contributed by atoms with Crippen LogP contribution in [0.5, 0.6) is 5.75 Å². The van der Waals surface area contributed by atoms with Gasteiger partial charge in [-0.15, -0.1) is 0 Å². The Kier molecular flexibility index (Phi) is 4.99. The van der Waals surface area contributed by atoms with E-state index < -0.39 is 0 Å². The summed E-state index contributed by atoms with van der Waals surface area (Å²) in [5, 5.41) is 0. The van der Waals surface area contributed by atoms with Crippen LogP contribution in [0.4, 0.5) is 0 Å². The Hall–Kier alpha value is -0.670. The molecule has 0 aliphatic carbocycles. The summed E-state index contributed by atoms with van der Waals surface area (Å²) in [5.74, 6) is 2.88. The van der Waals surface area contributed by atoms with Crippen molar-refractivity contribution in [2.24, 2.45) is 5.73 Å². The summed E-state index contributed by atoms with van der Waals surface area (Å²) in [6, 6.07) is 9.88. The Morgan fingerprint density at radius 3 is 2.53 bits per heavy atom. The zero-order valence-electron chi connectivity index (χ0n) is 9.40. The minimum Gasteiger partial charge on any atom is -0.493 e. The third-order valence-electron chi connectivity index (χ3n) is 1.71. The summed E-state index contributed by atoms with van der Waals surface area (Å²) in [6.45, 7) is 4.82. The molecule has 0 aliphatic rings. The van der Waals surface area contributed by atoms with Crippen molar-refractivity contribution in [3.63, 3.8) is 0 Å². The van der Waals surface area contributed by atoms with E-state index in [0.29, 0.717) is 0 Å². The normalized spacial score (nSPS) is 11.4. The first-order valence-electron chi connectivity index (χ1n) is 5.12. The van der Waals surface area contributed by atoms with Crippen LogP contribution in [0.1, 0.15) is 13.8 Å². The van der Waals surface area contributed by atoms with Crippen LogP contribution in [0.15, 0.2) is 30.3 Å². The zero-order chi connectivity index (χ0) is 11.1. The van der Waals surface area contributed by atoms with Gasteiger partial charge in [-0.1, -0.05) is 18.2 Å². The molecule has 2 N–H and O–H groups in total. The van der Waals surface area contributed by atoms with Gasteiger partial charge in [-0.2, -0.15) is 11.8 Å². The minimum atomic E-state index is -0.0859. The molecule has 0 atom stereocenters. The molecule has 0 radical (unpaired) electrons. The van der Waals surface area contributed by atoms with E-state index in [1.807, 2.05) is 55.9 Å². The van der Waals surface area contributed by atoms with Crippen molar-refractivity contribution in [2.75, 3.05) is 18.1 Å². The molecule has 1 aromatic carbocycles. The predicted octanol–water partition coefficient (Wildman–Crippen LogP) is 2.54. The number of thioether (sulfide) groups is 1. The van der Waals surface area contributed by atoms with Crippen LogP contribution in [-0.2, 0) is 0 Å². The largest absolute Gasteiger partial charge is 0.493 e. The molecule has 0 amide bonds. The van der Waals surface area contributed by atoms with Crippen LogP contribution in [0.3, 0.4) is 0 Å². The highest BCUT2D eigenvalue weighted by Gasteiger charge is 2.09.